The molecule has 6 heteroatoms. The molecule has 0 aromatic rings. The highest BCUT2D eigenvalue weighted by Crippen LogP contribution is 2.12. The van der Waals surface area contributed by atoms with Crippen molar-refractivity contribution >= 4 is 17.8 Å². The average molecular weight is 273 g/mol. The normalized spacial score (nSPS) is 11.5. The second-order valence-electron chi connectivity index (χ2n) is 4.26. The number of carbonyl (C=O) groups excluding carboxylic acids is 3. The summed E-state index contributed by atoms with van der Waals surface area (Å²) in [5.74, 6) is -1.57. The van der Waals surface area contributed by atoms with Crippen molar-refractivity contribution in [2.24, 2.45) is 5.92 Å². The number of unbranched alkanes of at least 4 members (excludes halogenated alkanes) is 1. The van der Waals surface area contributed by atoms with Crippen LogP contribution in [0.15, 0.2) is 0 Å². The summed E-state index contributed by atoms with van der Waals surface area (Å²) in [5, 5.41) is 0. The van der Waals surface area contributed by atoms with Crippen LogP contribution in [0.25, 0.3) is 0 Å². The fourth-order valence-electron chi connectivity index (χ4n) is 1.52. The predicted octanol–water partition coefficient (Wildman–Crippen LogP) is 1.73. The molecule has 0 saturated carbocycles. The van der Waals surface area contributed by atoms with Crippen LogP contribution in [0.3, 0.4) is 0 Å². The van der Waals surface area contributed by atoms with E-state index in [9.17, 15) is 14.4 Å². The van der Waals surface area contributed by atoms with E-state index in [0.29, 0.717) is 6.42 Å². The van der Waals surface area contributed by atoms with Crippen LogP contribution < -0.4 is 5.48 Å². The second kappa shape index (κ2) is 10.3. The minimum Gasteiger partial charge on any atom is -0.469 e. The number of carbonyl (C=O) groups is 3. The van der Waals surface area contributed by atoms with Gasteiger partial charge in [-0.3, -0.25) is 9.59 Å². The predicted molar refractivity (Wildman–Crippen MR) is 68.8 cm³/mol. The Morgan fingerprint density at radius 3 is 2.26 bits per heavy atom. The third-order valence-electron chi connectivity index (χ3n) is 2.80. The number of hydrogen-bond acceptors (Lipinski definition) is 5. The first-order chi connectivity index (χ1) is 9.04. The van der Waals surface area contributed by atoms with E-state index in [4.69, 9.17) is 0 Å². The van der Waals surface area contributed by atoms with Crippen LogP contribution >= 0.6 is 0 Å². The number of esters is 1. The Balaban J connectivity index is 3.92. The lowest BCUT2D eigenvalue weighted by molar-refractivity contribution is -0.161. The van der Waals surface area contributed by atoms with Gasteiger partial charge in [-0.25, -0.2) is 4.79 Å². The Bertz CT molecular complexity index is 303. The number of hydrogen-bond donors (Lipinski definition) is 1. The van der Waals surface area contributed by atoms with Crippen molar-refractivity contribution in [3.63, 3.8) is 0 Å². The lowest BCUT2D eigenvalue weighted by atomic mass is 9.99. The molecule has 0 aliphatic heterocycles. The maximum atomic E-state index is 11.7. The van der Waals surface area contributed by atoms with E-state index in [-0.39, 0.29) is 24.7 Å². The Morgan fingerprint density at radius 2 is 1.74 bits per heavy atom. The van der Waals surface area contributed by atoms with E-state index in [2.05, 4.69) is 22.0 Å². The fourth-order valence-corrected chi connectivity index (χ4v) is 1.52. The lowest BCUT2D eigenvalue weighted by Crippen LogP contribution is -2.32. The molecule has 1 atom stereocenters. The van der Waals surface area contributed by atoms with Gasteiger partial charge < -0.3 is 9.57 Å². The molecular formula is C13H23NO5. The highest BCUT2D eigenvalue weighted by Gasteiger charge is 2.17. The molecule has 1 amide bonds. The molecule has 1 N–H and O–H groups in total. The largest absolute Gasteiger partial charge is 0.469 e. The smallest absolute Gasteiger partial charge is 0.332 e. The molecule has 110 valence electrons. The number of nitrogens with one attached hydrogen (secondary N) is 1. The Labute approximate surface area is 113 Å². The summed E-state index contributed by atoms with van der Waals surface area (Å²) in [6.45, 7) is 3.97. The van der Waals surface area contributed by atoms with Crippen molar-refractivity contribution in [3.05, 3.63) is 0 Å². The van der Waals surface area contributed by atoms with Crippen LogP contribution in [0.5, 0.6) is 0 Å². The van der Waals surface area contributed by atoms with Gasteiger partial charge in [-0.15, -0.1) is 0 Å². The highest BCUT2D eigenvalue weighted by atomic mass is 16.7. The monoisotopic (exact) mass is 273 g/mol. The standard InChI is InChI=1S/C13H23NO5/c1-4-6-7-10(5-2)13(17)14-19-12(16)9-8-11(15)18-3/h10H,4-9H2,1-3H3,(H,14,17). The fraction of sp³-hybridized carbons (Fsp3) is 0.769. The number of methoxy groups -OCH3 is 1. The van der Waals surface area contributed by atoms with E-state index in [1.807, 2.05) is 6.92 Å². The van der Waals surface area contributed by atoms with Gasteiger partial charge in [0.2, 0.25) is 0 Å². The van der Waals surface area contributed by atoms with Crippen LogP contribution in [0.4, 0.5) is 0 Å². The summed E-state index contributed by atoms with van der Waals surface area (Å²) >= 11 is 0. The summed E-state index contributed by atoms with van der Waals surface area (Å²) in [6.07, 6.45) is 3.28. The molecule has 0 bridgehead atoms. The van der Waals surface area contributed by atoms with E-state index < -0.39 is 11.9 Å². The van der Waals surface area contributed by atoms with Gasteiger partial charge in [0.15, 0.2) is 0 Å². The van der Waals surface area contributed by atoms with Crippen LogP contribution in [0.1, 0.15) is 52.4 Å². The maximum absolute atomic E-state index is 11.7. The van der Waals surface area contributed by atoms with Crippen LogP contribution in [0.2, 0.25) is 0 Å². The third-order valence-corrected chi connectivity index (χ3v) is 2.80. The average Bonchev–Trinajstić information content (AvgIpc) is 2.43. The molecule has 6 nitrogen and oxygen atoms in total. The van der Waals surface area contributed by atoms with Gasteiger partial charge in [0.1, 0.15) is 0 Å². The van der Waals surface area contributed by atoms with Crippen molar-refractivity contribution in [2.75, 3.05) is 7.11 Å². The quantitative estimate of drug-likeness (QED) is 0.538. The summed E-state index contributed by atoms with van der Waals surface area (Å²) in [5.41, 5.74) is 2.14. The molecular weight excluding hydrogens is 250 g/mol. The van der Waals surface area contributed by atoms with Crippen molar-refractivity contribution in [2.45, 2.75) is 52.4 Å². The molecule has 0 saturated heterocycles. The summed E-state index contributed by atoms with van der Waals surface area (Å²) in [6, 6.07) is 0. The Hall–Kier alpha value is -1.59. The first-order valence-corrected chi connectivity index (χ1v) is 6.61. The Morgan fingerprint density at radius 1 is 1.11 bits per heavy atom. The van der Waals surface area contributed by atoms with Crippen LogP contribution in [-0.2, 0) is 24.0 Å². The van der Waals surface area contributed by atoms with Gasteiger partial charge in [0.05, 0.1) is 20.0 Å². The molecule has 0 aliphatic carbocycles. The molecule has 0 aliphatic rings. The highest BCUT2D eigenvalue weighted by molar-refractivity contribution is 5.81. The zero-order valence-corrected chi connectivity index (χ0v) is 11.9. The van der Waals surface area contributed by atoms with E-state index in [0.717, 1.165) is 19.3 Å². The van der Waals surface area contributed by atoms with Crippen molar-refractivity contribution < 1.29 is 24.0 Å². The lowest BCUT2D eigenvalue weighted by Gasteiger charge is -2.13. The molecule has 0 heterocycles. The maximum Gasteiger partial charge on any atom is 0.332 e. The molecule has 0 radical (unpaired) electrons. The molecule has 19 heavy (non-hydrogen) atoms. The van der Waals surface area contributed by atoms with E-state index in [1.54, 1.807) is 0 Å². The SMILES string of the molecule is CCCCC(CC)C(=O)NOC(=O)CCC(=O)OC. The first-order valence-electron chi connectivity index (χ1n) is 6.61. The number of amides is 1. The number of ether oxygens (including phenoxy) is 1. The van der Waals surface area contributed by atoms with Gasteiger partial charge in [0.25, 0.3) is 5.91 Å². The van der Waals surface area contributed by atoms with Gasteiger partial charge in [-0.1, -0.05) is 26.7 Å². The zero-order valence-electron chi connectivity index (χ0n) is 11.9. The van der Waals surface area contributed by atoms with E-state index in [1.165, 1.54) is 7.11 Å². The topological polar surface area (TPSA) is 81.7 Å². The van der Waals surface area contributed by atoms with Crippen molar-refractivity contribution in [3.8, 4) is 0 Å². The molecule has 0 aromatic carbocycles. The number of hydroxylamine groups is 1. The third kappa shape index (κ3) is 8.18. The molecule has 1 unspecified atom stereocenters. The van der Waals surface area contributed by atoms with Crippen LogP contribution in [0, 0.1) is 5.92 Å². The molecule has 0 rings (SSSR count). The second-order valence-corrected chi connectivity index (χ2v) is 4.26. The first kappa shape index (κ1) is 17.4. The van der Waals surface area contributed by atoms with Gasteiger partial charge in [0, 0.05) is 5.92 Å². The number of rotatable bonds is 8. The van der Waals surface area contributed by atoms with Crippen molar-refractivity contribution in [1.29, 1.82) is 0 Å². The van der Waals surface area contributed by atoms with Crippen LogP contribution in [-0.4, -0.2) is 25.0 Å². The zero-order chi connectivity index (χ0) is 14.7. The summed E-state index contributed by atoms with van der Waals surface area (Å²) in [4.78, 5) is 38.4. The van der Waals surface area contributed by atoms with Crippen molar-refractivity contribution in [1.82, 2.24) is 5.48 Å². The minimum atomic E-state index is -0.649. The summed E-state index contributed by atoms with van der Waals surface area (Å²) in [7, 11) is 1.25. The summed E-state index contributed by atoms with van der Waals surface area (Å²) < 4.78 is 4.39. The van der Waals surface area contributed by atoms with Gasteiger partial charge in [-0.05, 0) is 12.8 Å². The molecule has 0 aromatic heterocycles. The minimum absolute atomic E-state index is 0.0573. The Kier molecular flexibility index (Phi) is 9.48. The van der Waals surface area contributed by atoms with Gasteiger partial charge >= 0.3 is 11.9 Å². The molecule has 0 fully saturated rings. The van der Waals surface area contributed by atoms with Gasteiger partial charge in [-0.2, -0.15) is 5.48 Å². The van der Waals surface area contributed by atoms with E-state index >= 15 is 0 Å². The molecule has 0 spiro atoms.